The van der Waals surface area contributed by atoms with Crippen LogP contribution in [0.25, 0.3) is 16.9 Å². The van der Waals surface area contributed by atoms with Crippen molar-refractivity contribution in [3.63, 3.8) is 0 Å². The Hall–Kier alpha value is -3.69. The molecule has 0 saturated carbocycles. The van der Waals surface area contributed by atoms with E-state index in [0.29, 0.717) is 10.1 Å². The zero-order valence-corrected chi connectivity index (χ0v) is 18.0. The van der Waals surface area contributed by atoms with Crippen LogP contribution < -0.4 is 0 Å². The molecule has 0 aliphatic carbocycles. The third kappa shape index (κ3) is 4.08. The summed E-state index contributed by atoms with van der Waals surface area (Å²) >= 11 is 0. The molecule has 1 amide bonds. The standard InChI is InChI=1S/C22H21F3N6O/c1-13-5-7-15(8-6-13)17-9-19(22(23,24)25)31-20(26-17)10-18(28-31)21(32)29(3)11-16-12-30(4)27-14(16)2/h5-10,12H,11H2,1-4H3. The van der Waals surface area contributed by atoms with E-state index in [9.17, 15) is 18.0 Å². The highest BCUT2D eigenvalue weighted by Crippen LogP contribution is 2.32. The minimum atomic E-state index is -4.67. The van der Waals surface area contributed by atoms with Gasteiger partial charge < -0.3 is 4.90 Å². The van der Waals surface area contributed by atoms with Crippen LogP contribution in [0.5, 0.6) is 0 Å². The van der Waals surface area contributed by atoms with Crippen molar-refractivity contribution in [2.75, 3.05) is 7.05 Å². The molecule has 7 nitrogen and oxygen atoms in total. The van der Waals surface area contributed by atoms with E-state index < -0.39 is 17.8 Å². The predicted molar refractivity (Wildman–Crippen MR) is 112 cm³/mol. The van der Waals surface area contributed by atoms with Crippen molar-refractivity contribution in [1.29, 1.82) is 0 Å². The predicted octanol–water partition coefficient (Wildman–Crippen LogP) is 4.04. The number of hydrogen-bond donors (Lipinski definition) is 0. The molecule has 1 aromatic carbocycles. The van der Waals surface area contributed by atoms with Crippen LogP contribution in [-0.2, 0) is 19.8 Å². The molecule has 0 atom stereocenters. The van der Waals surface area contributed by atoms with Gasteiger partial charge in [0.2, 0.25) is 0 Å². The highest BCUT2D eigenvalue weighted by Gasteiger charge is 2.36. The summed E-state index contributed by atoms with van der Waals surface area (Å²) < 4.78 is 43.7. The summed E-state index contributed by atoms with van der Waals surface area (Å²) in [6.45, 7) is 3.96. The Balaban J connectivity index is 1.74. The molecule has 0 unspecified atom stereocenters. The van der Waals surface area contributed by atoms with E-state index in [1.807, 2.05) is 13.8 Å². The quantitative estimate of drug-likeness (QED) is 0.479. The van der Waals surface area contributed by atoms with Crippen LogP contribution in [0.15, 0.2) is 42.6 Å². The highest BCUT2D eigenvalue weighted by atomic mass is 19.4. The van der Waals surface area contributed by atoms with Crippen LogP contribution in [0.2, 0.25) is 0 Å². The van der Waals surface area contributed by atoms with Crippen LogP contribution in [0.4, 0.5) is 13.2 Å². The van der Waals surface area contributed by atoms with Gasteiger partial charge in [-0.25, -0.2) is 9.50 Å². The van der Waals surface area contributed by atoms with Gasteiger partial charge in [-0.3, -0.25) is 9.48 Å². The number of nitrogens with zero attached hydrogens (tertiary/aromatic N) is 6. The zero-order valence-electron chi connectivity index (χ0n) is 18.0. The first-order chi connectivity index (χ1) is 15.0. The molecule has 0 saturated heterocycles. The Kier molecular flexibility index (Phi) is 5.23. The van der Waals surface area contributed by atoms with Crippen molar-refractivity contribution in [2.45, 2.75) is 26.6 Å². The second kappa shape index (κ2) is 7.77. The van der Waals surface area contributed by atoms with Crippen molar-refractivity contribution >= 4 is 11.6 Å². The fraction of sp³-hybridized carbons (Fsp3) is 0.273. The monoisotopic (exact) mass is 442 g/mol. The molecule has 0 aliphatic heterocycles. The molecule has 3 heterocycles. The number of amides is 1. The molecule has 4 rings (SSSR count). The largest absolute Gasteiger partial charge is 0.433 e. The van der Waals surface area contributed by atoms with E-state index in [1.54, 1.807) is 49.2 Å². The summed E-state index contributed by atoms with van der Waals surface area (Å²) in [6, 6.07) is 9.25. The fourth-order valence-electron chi connectivity index (χ4n) is 3.48. The number of rotatable bonds is 4. The molecule has 0 aliphatic rings. The maximum absolute atomic E-state index is 13.8. The van der Waals surface area contributed by atoms with Crippen LogP contribution in [0.1, 0.15) is 33.0 Å². The second-order valence-electron chi connectivity index (χ2n) is 7.76. The Morgan fingerprint density at radius 3 is 2.38 bits per heavy atom. The van der Waals surface area contributed by atoms with Crippen molar-refractivity contribution in [1.82, 2.24) is 29.3 Å². The number of aromatic nitrogens is 5. The number of alkyl halides is 3. The van der Waals surface area contributed by atoms with Gasteiger partial charge in [0, 0.05) is 44.0 Å². The molecule has 0 N–H and O–H groups in total. The molecule has 4 aromatic rings. The first-order valence-electron chi connectivity index (χ1n) is 9.82. The van der Waals surface area contributed by atoms with Gasteiger partial charge >= 0.3 is 6.18 Å². The lowest BCUT2D eigenvalue weighted by Gasteiger charge is -2.15. The van der Waals surface area contributed by atoms with E-state index in [-0.39, 0.29) is 23.6 Å². The molecule has 0 fully saturated rings. The number of halogens is 3. The number of carbonyl (C=O) groups is 1. The van der Waals surface area contributed by atoms with Crippen LogP contribution in [0, 0.1) is 13.8 Å². The van der Waals surface area contributed by atoms with Crippen LogP contribution in [0.3, 0.4) is 0 Å². The highest BCUT2D eigenvalue weighted by molar-refractivity contribution is 5.93. The smallest absolute Gasteiger partial charge is 0.336 e. The molecule has 0 radical (unpaired) electrons. The van der Waals surface area contributed by atoms with Crippen molar-refractivity contribution < 1.29 is 18.0 Å². The molecule has 166 valence electrons. The van der Waals surface area contributed by atoms with E-state index in [4.69, 9.17) is 0 Å². The maximum Gasteiger partial charge on any atom is 0.433 e. The molecule has 10 heteroatoms. The molecule has 32 heavy (non-hydrogen) atoms. The van der Waals surface area contributed by atoms with Gasteiger partial charge in [-0.2, -0.15) is 23.4 Å². The lowest BCUT2D eigenvalue weighted by molar-refractivity contribution is -0.142. The number of fused-ring (bicyclic) bond motifs is 1. The number of aryl methyl sites for hydroxylation is 3. The molecular formula is C22H21F3N6O. The van der Waals surface area contributed by atoms with Gasteiger partial charge in [0.05, 0.1) is 11.4 Å². The first-order valence-corrected chi connectivity index (χ1v) is 9.82. The Labute approximate surface area is 182 Å². The third-order valence-corrected chi connectivity index (χ3v) is 5.15. The number of benzene rings is 1. The topological polar surface area (TPSA) is 68.3 Å². The Morgan fingerprint density at radius 2 is 1.78 bits per heavy atom. The number of carbonyl (C=O) groups excluding carboxylic acids is 1. The molecular weight excluding hydrogens is 421 g/mol. The normalized spacial score (nSPS) is 11.8. The van der Waals surface area contributed by atoms with E-state index in [0.717, 1.165) is 22.9 Å². The average molecular weight is 442 g/mol. The maximum atomic E-state index is 13.8. The van der Waals surface area contributed by atoms with E-state index in [1.165, 1.54) is 11.0 Å². The van der Waals surface area contributed by atoms with Gasteiger partial charge in [0.1, 0.15) is 0 Å². The third-order valence-electron chi connectivity index (χ3n) is 5.15. The van der Waals surface area contributed by atoms with Crippen molar-refractivity contribution in [2.24, 2.45) is 7.05 Å². The second-order valence-corrected chi connectivity index (χ2v) is 7.76. The minimum Gasteiger partial charge on any atom is -0.336 e. The van der Waals surface area contributed by atoms with Gasteiger partial charge in [-0.1, -0.05) is 29.8 Å². The van der Waals surface area contributed by atoms with Crippen molar-refractivity contribution in [3.8, 4) is 11.3 Å². The summed E-state index contributed by atoms with van der Waals surface area (Å²) in [5.41, 5.74) is 2.12. The minimum absolute atomic E-state index is 0.0512. The van der Waals surface area contributed by atoms with Gasteiger partial charge in [-0.05, 0) is 19.9 Å². The summed E-state index contributed by atoms with van der Waals surface area (Å²) in [7, 11) is 3.34. The Bertz CT molecular complexity index is 1300. The van der Waals surface area contributed by atoms with E-state index >= 15 is 0 Å². The van der Waals surface area contributed by atoms with Gasteiger partial charge in [0.25, 0.3) is 5.91 Å². The first kappa shape index (κ1) is 21.5. The lowest BCUT2D eigenvalue weighted by Crippen LogP contribution is -2.27. The molecule has 0 spiro atoms. The lowest BCUT2D eigenvalue weighted by atomic mass is 10.1. The Morgan fingerprint density at radius 1 is 1.09 bits per heavy atom. The molecule has 3 aromatic heterocycles. The zero-order chi connectivity index (χ0) is 23.2. The van der Waals surface area contributed by atoms with Crippen LogP contribution in [-0.4, -0.2) is 42.2 Å². The SMILES string of the molecule is Cc1ccc(-c2cc(C(F)(F)F)n3nc(C(=O)N(C)Cc4cn(C)nc4C)cc3n2)cc1. The number of hydrogen-bond acceptors (Lipinski definition) is 4. The van der Waals surface area contributed by atoms with Gasteiger partial charge in [-0.15, -0.1) is 0 Å². The van der Waals surface area contributed by atoms with Gasteiger partial charge in [0.15, 0.2) is 17.0 Å². The summed E-state index contributed by atoms with van der Waals surface area (Å²) in [5, 5.41) is 8.18. The molecule has 0 bridgehead atoms. The summed E-state index contributed by atoms with van der Waals surface area (Å²) in [6.07, 6.45) is -2.88. The summed E-state index contributed by atoms with van der Waals surface area (Å²) in [5.74, 6) is -0.510. The fourth-order valence-corrected chi connectivity index (χ4v) is 3.48. The average Bonchev–Trinajstić information content (AvgIpc) is 3.28. The summed E-state index contributed by atoms with van der Waals surface area (Å²) in [4.78, 5) is 18.6. The van der Waals surface area contributed by atoms with E-state index in [2.05, 4.69) is 15.2 Å². The van der Waals surface area contributed by atoms with Crippen LogP contribution >= 0.6 is 0 Å². The van der Waals surface area contributed by atoms with Crippen molar-refractivity contribution in [3.05, 3.63) is 70.8 Å².